The van der Waals surface area contributed by atoms with Crippen molar-refractivity contribution in [1.82, 2.24) is 10.2 Å². The van der Waals surface area contributed by atoms with Crippen molar-refractivity contribution in [1.29, 1.82) is 0 Å². The largest absolute Gasteiger partial charge is 0.312 e. The molecule has 2 heteroatoms. The Morgan fingerprint density at radius 3 is 2.53 bits per heavy atom. The van der Waals surface area contributed by atoms with Crippen LogP contribution in [0.4, 0.5) is 0 Å². The van der Waals surface area contributed by atoms with Crippen molar-refractivity contribution in [2.45, 2.75) is 64.0 Å². The Bertz CT molecular complexity index is 175. The van der Waals surface area contributed by atoms with Gasteiger partial charge < -0.3 is 5.32 Å². The molecule has 1 atom stereocenters. The Balaban J connectivity index is 1.71. The van der Waals surface area contributed by atoms with Crippen LogP contribution in [0.5, 0.6) is 0 Å². The molecule has 1 N–H and O–H groups in total. The predicted molar refractivity (Wildman–Crippen MR) is 65.1 cm³/mol. The van der Waals surface area contributed by atoms with Crippen LogP contribution in [0.15, 0.2) is 0 Å². The average Bonchev–Trinajstić information content (AvgIpc) is 2.79. The van der Waals surface area contributed by atoms with Crippen molar-refractivity contribution >= 4 is 0 Å². The van der Waals surface area contributed by atoms with Gasteiger partial charge in [0.1, 0.15) is 0 Å². The van der Waals surface area contributed by atoms with Crippen LogP contribution in [0.3, 0.4) is 0 Å². The molecule has 0 aromatic carbocycles. The van der Waals surface area contributed by atoms with E-state index in [1.54, 1.807) is 0 Å². The van der Waals surface area contributed by atoms with Crippen LogP contribution in [0.1, 0.15) is 51.9 Å². The highest BCUT2D eigenvalue weighted by molar-refractivity contribution is 4.81. The highest BCUT2D eigenvalue weighted by Crippen LogP contribution is 2.19. The molecule has 0 aromatic heterocycles. The van der Waals surface area contributed by atoms with E-state index in [1.807, 2.05) is 0 Å². The third kappa shape index (κ3) is 3.18. The molecule has 0 radical (unpaired) electrons. The van der Waals surface area contributed by atoms with Gasteiger partial charge in [0, 0.05) is 18.6 Å². The Morgan fingerprint density at radius 2 is 1.80 bits per heavy atom. The van der Waals surface area contributed by atoms with Gasteiger partial charge in [0.05, 0.1) is 0 Å². The fraction of sp³-hybridized carbons (Fsp3) is 1.00. The number of likely N-dealkylation sites (tertiary alicyclic amines) is 1. The molecule has 2 rings (SSSR count). The fourth-order valence-corrected chi connectivity index (χ4v) is 3.14. The minimum absolute atomic E-state index is 0.823. The zero-order valence-corrected chi connectivity index (χ0v) is 10.2. The van der Waals surface area contributed by atoms with E-state index in [0.717, 1.165) is 12.1 Å². The number of hydrogen-bond donors (Lipinski definition) is 1. The molecule has 2 fully saturated rings. The molecule has 0 amide bonds. The zero-order valence-electron chi connectivity index (χ0n) is 10.2. The van der Waals surface area contributed by atoms with Crippen LogP contribution < -0.4 is 5.32 Å². The third-order valence-corrected chi connectivity index (χ3v) is 4.15. The van der Waals surface area contributed by atoms with Crippen molar-refractivity contribution < 1.29 is 0 Å². The van der Waals surface area contributed by atoms with Gasteiger partial charge in [-0.3, -0.25) is 4.90 Å². The first-order valence-electron chi connectivity index (χ1n) is 6.87. The van der Waals surface area contributed by atoms with Gasteiger partial charge in [0.25, 0.3) is 0 Å². The summed E-state index contributed by atoms with van der Waals surface area (Å²) in [5.74, 6) is 0. The van der Waals surface area contributed by atoms with E-state index in [2.05, 4.69) is 17.1 Å². The van der Waals surface area contributed by atoms with E-state index >= 15 is 0 Å². The summed E-state index contributed by atoms with van der Waals surface area (Å²) in [5.41, 5.74) is 0. The van der Waals surface area contributed by atoms with Crippen LogP contribution >= 0.6 is 0 Å². The number of nitrogens with one attached hydrogen (secondary N) is 1. The van der Waals surface area contributed by atoms with Crippen molar-refractivity contribution in [3.05, 3.63) is 0 Å². The Kier molecular flexibility index (Phi) is 4.45. The summed E-state index contributed by atoms with van der Waals surface area (Å²) >= 11 is 0. The second-order valence-corrected chi connectivity index (χ2v) is 5.17. The SMILES string of the molecule is CCN1CCCCC1CNC1CCCC1. The Labute approximate surface area is 94.4 Å². The van der Waals surface area contributed by atoms with Gasteiger partial charge in [-0.05, 0) is 38.8 Å². The monoisotopic (exact) mass is 210 g/mol. The van der Waals surface area contributed by atoms with E-state index in [0.29, 0.717) is 0 Å². The molecule has 0 spiro atoms. The quantitative estimate of drug-likeness (QED) is 0.766. The van der Waals surface area contributed by atoms with Crippen LogP contribution in [0.25, 0.3) is 0 Å². The average molecular weight is 210 g/mol. The fourth-order valence-electron chi connectivity index (χ4n) is 3.14. The Morgan fingerprint density at radius 1 is 1.07 bits per heavy atom. The standard InChI is InChI=1S/C13H26N2/c1-2-15-10-6-5-9-13(15)11-14-12-7-3-4-8-12/h12-14H,2-11H2,1H3. The molecular formula is C13H26N2. The van der Waals surface area contributed by atoms with Crippen molar-refractivity contribution in [2.75, 3.05) is 19.6 Å². The maximum absolute atomic E-state index is 3.77. The van der Waals surface area contributed by atoms with E-state index in [9.17, 15) is 0 Å². The zero-order chi connectivity index (χ0) is 10.5. The van der Waals surface area contributed by atoms with E-state index in [4.69, 9.17) is 0 Å². The number of piperidine rings is 1. The summed E-state index contributed by atoms with van der Waals surface area (Å²) in [5, 5.41) is 3.77. The lowest BCUT2D eigenvalue weighted by molar-refractivity contribution is 0.150. The number of rotatable bonds is 4. The highest BCUT2D eigenvalue weighted by Gasteiger charge is 2.22. The molecule has 2 nitrogen and oxygen atoms in total. The van der Waals surface area contributed by atoms with Crippen LogP contribution in [-0.2, 0) is 0 Å². The molecule has 0 aromatic rings. The lowest BCUT2D eigenvalue weighted by Crippen LogP contribution is -2.46. The lowest BCUT2D eigenvalue weighted by Gasteiger charge is -2.35. The second-order valence-electron chi connectivity index (χ2n) is 5.17. The predicted octanol–water partition coefficient (Wildman–Crippen LogP) is 2.39. The molecular weight excluding hydrogens is 184 g/mol. The maximum atomic E-state index is 3.77. The topological polar surface area (TPSA) is 15.3 Å². The van der Waals surface area contributed by atoms with Crippen molar-refractivity contribution in [3.63, 3.8) is 0 Å². The molecule has 88 valence electrons. The lowest BCUT2D eigenvalue weighted by atomic mass is 10.0. The first-order chi connectivity index (χ1) is 7.40. The van der Waals surface area contributed by atoms with Gasteiger partial charge in [0.15, 0.2) is 0 Å². The molecule has 1 heterocycles. The summed E-state index contributed by atoms with van der Waals surface area (Å²) in [6, 6.07) is 1.66. The van der Waals surface area contributed by atoms with Crippen molar-refractivity contribution in [2.24, 2.45) is 0 Å². The summed E-state index contributed by atoms with van der Waals surface area (Å²) in [7, 11) is 0. The van der Waals surface area contributed by atoms with E-state index in [-0.39, 0.29) is 0 Å². The highest BCUT2D eigenvalue weighted by atomic mass is 15.2. The van der Waals surface area contributed by atoms with Crippen LogP contribution in [0, 0.1) is 0 Å². The third-order valence-electron chi connectivity index (χ3n) is 4.15. The number of hydrogen-bond acceptors (Lipinski definition) is 2. The van der Waals surface area contributed by atoms with Gasteiger partial charge in [-0.2, -0.15) is 0 Å². The maximum Gasteiger partial charge on any atom is 0.0220 e. The van der Waals surface area contributed by atoms with E-state index < -0.39 is 0 Å². The van der Waals surface area contributed by atoms with Crippen LogP contribution in [0.2, 0.25) is 0 Å². The number of nitrogens with zero attached hydrogens (tertiary/aromatic N) is 1. The molecule has 1 saturated heterocycles. The summed E-state index contributed by atoms with van der Waals surface area (Å²) < 4.78 is 0. The normalized spacial score (nSPS) is 29.8. The van der Waals surface area contributed by atoms with E-state index in [1.165, 1.54) is 64.6 Å². The second kappa shape index (κ2) is 5.86. The minimum atomic E-state index is 0.823. The first-order valence-corrected chi connectivity index (χ1v) is 6.87. The molecule has 1 aliphatic carbocycles. The summed E-state index contributed by atoms with van der Waals surface area (Å²) in [6.07, 6.45) is 9.98. The smallest absolute Gasteiger partial charge is 0.0220 e. The first kappa shape index (κ1) is 11.4. The van der Waals surface area contributed by atoms with Gasteiger partial charge in [-0.1, -0.05) is 26.2 Å². The molecule has 15 heavy (non-hydrogen) atoms. The van der Waals surface area contributed by atoms with Crippen molar-refractivity contribution in [3.8, 4) is 0 Å². The molecule has 0 bridgehead atoms. The molecule has 1 unspecified atom stereocenters. The van der Waals surface area contributed by atoms with Gasteiger partial charge in [-0.15, -0.1) is 0 Å². The molecule has 1 aliphatic heterocycles. The molecule has 1 saturated carbocycles. The van der Waals surface area contributed by atoms with Gasteiger partial charge >= 0.3 is 0 Å². The molecule has 2 aliphatic rings. The number of likely N-dealkylation sites (N-methyl/N-ethyl adjacent to an activating group) is 1. The van der Waals surface area contributed by atoms with Gasteiger partial charge in [0.2, 0.25) is 0 Å². The van der Waals surface area contributed by atoms with Crippen LogP contribution in [-0.4, -0.2) is 36.6 Å². The summed E-state index contributed by atoms with van der Waals surface area (Å²) in [4.78, 5) is 2.66. The van der Waals surface area contributed by atoms with Gasteiger partial charge in [-0.25, -0.2) is 0 Å². The summed E-state index contributed by atoms with van der Waals surface area (Å²) in [6.45, 7) is 6.09. The minimum Gasteiger partial charge on any atom is -0.312 e. The Hall–Kier alpha value is -0.0800.